The van der Waals surface area contributed by atoms with Crippen molar-refractivity contribution in [2.45, 2.75) is 51.0 Å². The summed E-state index contributed by atoms with van der Waals surface area (Å²) < 4.78 is 5.65. The van der Waals surface area contributed by atoms with Gasteiger partial charge in [0.25, 0.3) is 0 Å². The summed E-state index contributed by atoms with van der Waals surface area (Å²) in [6.45, 7) is 6.87. The minimum absolute atomic E-state index is 0.479. The van der Waals surface area contributed by atoms with Crippen LogP contribution in [0.3, 0.4) is 0 Å². The van der Waals surface area contributed by atoms with Crippen molar-refractivity contribution in [3.8, 4) is 0 Å². The molecule has 1 heterocycles. The molecule has 1 fully saturated rings. The first-order chi connectivity index (χ1) is 7.43. The minimum Gasteiger partial charge on any atom is -0.377 e. The van der Waals surface area contributed by atoms with E-state index in [0.29, 0.717) is 6.10 Å². The third-order valence-electron chi connectivity index (χ3n) is 2.91. The van der Waals surface area contributed by atoms with Gasteiger partial charge in [0, 0.05) is 13.2 Å². The van der Waals surface area contributed by atoms with Crippen molar-refractivity contribution in [2.75, 3.05) is 19.7 Å². The lowest BCUT2D eigenvalue weighted by molar-refractivity contribution is 0.0170. The Hall–Kier alpha value is -0.340. The van der Waals surface area contributed by atoms with Gasteiger partial charge < -0.3 is 10.1 Å². The summed E-state index contributed by atoms with van der Waals surface area (Å²) in [5.74, 6) is 0. The smallest absolute Gasteiger partial charge is 0.0699 e. The Kier molecular flexibility index (Phi) is 7.58. The Morgan fingerprint density at radius 1 is 1.27 bits per heavy atom. The van der Waals surface area contributed by atoms with Gasteiger partial charge in [-0.15, -0.1) is 6.58 Å². The Bertz CT molecular complexity index is 153. The van der Waals surface area contributed by atoms with Crippen molar-refractivity contribution in [1.29, 1.82) is 0 Å². The van der Waals surface area contributed by atoms with E-state index in [-0.39, 0.29) is 0 Å². The second-order valence-electron chi connectivity index (χ2n) is 4.33. The fourth-order valence-corrected chi connectivity index (χ4v) is 1.95. The van der Waals surface area contributed by atoms with Crippen LogP contribution in [0.1, 0.15) is 44.9 Å². The first-order valence-corrected chi connectivity index (χ1v) is 6.36. The lowest BCUT2D eigenvalue weighted by atomic mass is 10.1. The van der Waals surface area contributed by atoms with Crippen LogP contribution in [0.2, 0.25) is 0 Å². The summed E-state index contributed by atoms with van der Waals surface area (Å²) in [5.41, 5.74) is 0. The average Bonchev–Trinajstić information content (AvgIpc) is 2.29. The number of ether oxygens (including phenoxy) is 1. The SMILES string of the molecule is C=CCCCCCNCC1CCCCO1. The molecular weight excluding hydrogens is 186 g/mol. The summed E-state index contributed by atoms with van der Waals surface area (Å²) >= 11 is 0. The number of hydrogen-bond acceptors (Lipinski definition) is 2. The summed E-state index contributed by atoms with van der Waals surface area (Å²) in [6, 6.07) is 0. The molecule has 0 spiro atoms. The van der Waals surface area contributed by atoms with Gasteiger partial charge in [-0.05, 0) is 45.1 Å². The molecule has 0 aromatic heterocycles. The molecule has 88 valence electrons. The molecule has 0 radical (unpaired) electrons. The van der Waals surface area contributed by atoms with E-state index in [1.807, 2.05) is 6.08 Å². The normalized spacial score (nSPS) is 21.5. The molecule has 0 aromatic carbocycles. The highest BCUT2D eigenvalue weighted by atomic mass is 16.5. The number of nitrogens with one attached hydrogen (secondary N) is 1. The molecule has 1 aliphatic heterocycles. The van der Waals surface area contributed by atoms with Crippen LogP contribution in [-0.2, 0) is 4.74 Å². The summed E-state index contributed by atoms with van der Waals surface area (Å²) in [7, 11) is 0. The zero-order valence-electron chi connectivity index (χ0n) is 9.84. The monoisotopic (exact) mass is 211 g/mol. The molecule has 1 rings (SSSR count). The van der Waals surface area contributed by atoms with Crippen molar-refractivity contribution >= 4 is 0 Å². The fourth-order valence-electron chi connectivity index (χ4n) is 1.95. The molecule has 0 amide bonds. The highest BCUT2D eigenvalue weighted by Gasteiger charge is 2.12. The van der Waals surface area contributed by atoms with Gasteiger partial charge in [-0.1, -0.05) is 12.5 Å². The van der Waals surface area contributed by atoms with Crippen LogP contribution in [0.5, 0.6) is 0 Å². The summed E-state index contributed by atoms with van der Waals surface area (Å²) in [5, 5.41) is 3.48. The minimum atomic E-state index is 0.479. The zero-order chi connectivity index (χ0) is 10.8. The molecule has 15 heavy (non-hydrogen) atoms. The predicted molar refractivity (Wildman–Crippen MR) is 65.1 cm³/mol. The van der Waals surface area contributed by atoms with E-state index in [1.54, 1.807) is 0 Å². The van der Waals surface area contributed by atoms with Gasteiger partial charge in [0.1, 0.15) is 0 Å². The Morgan fingerprint density at radius 3 is 2.93 bits per heavy atom. The third-order valence-corrected chi connectivity index (χ3v) is 2.91. The van der Waals surface area contributed by atoms with Gasteiger partial charge in [0.15, 0.2) is 0 Å². The van der Waals surface area contributed by atoms with Gasteiger partial charge in [0.2, 0.25) is 0 Å². The topological polar surface area (TPSA) is 21.3 Å². The highest BCUT2D eigenvalue weighted by molar-refractivity contribution is 4.67. The third kappa shape index (κ3) is 6.69. The van der Waals surface area contributed by atoms with E-state index in [0.717, 1.165) is 26.1 Å². The van der Waals surface area contributed by atoms with Crippen LogP contribution >= 0.6 is 0 Å². The van der Waals surface area contributed by atoms with Crippen LogP contribution in [0, 0.1) is 0 Å². The standard InChI is InChI=1S/C13H25NO/c1-2-3-4-5-7-10-14-12-13-9-6-8-11-15-13/h2,13-14H,1,3-12H2. The maximum absolute atomic E-state index is 5.65. The molecule has 1 aliphatic rings. The maximum Gasteiger partial charge on any atom is 0.0699 e. The van der Waals surface area contributed by atoms with Crippen molar-refractivity contribution in [2.24, 2.45) is 0 Å². The predicted octanol–water partition coefficient (Wildman–Crippen LogP) is 2.89. The number of rotatable bonds is 8. The molecule has 0 aromatic rings. The van der Waals surface area contributed by atoms with Gasteiger partial charge >= 0.3 is 0 Å². The van der Waals surface area contributed by atoms with Crippen molar-refractivity contribution in [3.05, 3.63) is 12.7 Å². The average molecular weight is 211 g/mol. The van der Waals surface area contributed by atoms with E-state index >= 15 is 0 Å². The molecular formula is C13H25NO. The molecule has 0 bridgehead atoms. The van der Waals surface area contributed by atoms with Crippen LogP contribution in [0.4, 0.5) is 0 Å². The lowest BCUT2D eigenvalue weighted by Crippen LogP contribution is -2.32. The van der Waals surface area contributed by atoms with E-state index in [2.05, 4.69) is 11.9 Å². The van der Waals surface area contributed by atoms with Crippen molar-refractivity contribution in [3.63, 3.8) is 0 Å². The quantitative estimate of drug-likeness (QED) is 0.492. The fraction of sp³-hybridized carbons (Fsp3) is 0.846. The molecule has 1 atom stereocenters. The number of unbranched alkanes of at least 4 members (excludes halogenated alkanes) is 3. The lowest BCUT2D eigenvalue weighted by Gasteiger charge is -2.22. The zero-order valence-corrected chi connectivity index (χ0v) is 9.84. The number of allylic oxidation sites excluding steroid dienone is 1. The molecule has 2 nitrogen and oxygen atoms in total. The van der Waals surface area contributed by atoms with Crippen LogP contribution in [-0.4, -0.2) is 25.8 Å². The first kappa shape index (κ1) is 12.7. The highest BCUT2D eigenvalue weighted by Crippen LogP contribution is 2.11. The number of hydrogen-bond donors (Lipinski definition) is 1. The Labute approximate surface area is 94.1 Å². The van der Waals surface area contributed by atoms with E-state index in [9.17, 15) is 0 Å². The first-order valence-electron chi connectivity index (χ1n) is 6.36. The van der Waals surface area contributed by atoms with Gasteiger partial charge in [-0.2, -0.15) is 0 Å². The molecule has 1 saturated heterocycles. The largest absolute Gasteiger partial charge is 0.377 e. The molecule has 2 heteroatoms. The van der Waals surface area contributed by atoms with Gasteiger partial charge in [-0.25, -0.2) is 0 Å². The summed E-state index contributed by atoms with van der Waals surface area (Å²) in [6.07, 6.45) is 11.3. The van der Waals surface area contributed by atoms with Crippen molar-refractivity contribution in [1.82, 2.24) is 5.32 Å². The molecule has 1 unspecified atom stereocenters. The second-order valence-corrected chi connectivity index (χ2v) is 4.33. The second kappa shape index (κ2) is 8.93. The maximum atomic E-state index is 5.65. The van der Waals surface area contributed by atoms with E-state index in [4.69, 9.17) is 4.74 Å². The van der Waals surface area contributed by atoms with Crippen LogP contribution < -0.4 is 5.32 Å². The van der Waals surface area contributed by atoms with Gasteiger partial charge in [0.05, 0.1) is 6.10 Å². The summed E-state index contributed by atoms with van der Waals surface area (Å²) in [4.78, 5) is 0. The van der Waals surface area contributed by atoms with Crippen LogP contribution in [0.15, 0.2) is 12.7 Å². The van der Waals surface area contributed by atoms with Crippen LogP contribution in [0.25, 0.3) is 0 Å². The Balaban J connectivity index is 1.81. The molecule has 0 aliphatic carbocycles. The Morgan fingerprint density at radius 2 is 2.20 bits per heavy atom. The molecule has 0 saturated carbocycles. The molecule has 1 N–H and O–H groups in total. The van der Waals surface area contributed by atoms with E-state index in [1.165, 1.54) is 38.5 Å². The van der Waals surface area contributed by atoms with Crippen molar-refractivity contribution < 1.29 is 4.74 Å². The van der Waals surface area contributed by atoms with Gasteiger partial charge in [-0.3, -0.25) is 0 Å². The van der Waals surface area contributed by atoms with E-state index < -0.39 is 0 Å².